The van der Waals surface area contributed by atoms with Crippen LogP contribution < -0.4 is 5.32 Å². The van der Waals surface area contributed by atoms with E-state index < -0.39 is 0 Å². The lowest BCUT2D eigenvalue weighted by molar-refractivity contribution is -0.121. The minimum absolute atomic E-state index is 0.0759. The Balaban J connectivity index is 1.98. The maximum absolute atomic E-state index is 12.4. The smallest absolute Gasteiger partial charge is 0.233 e. The first-order chi connectivity index (χ1) is 10.6. The van der Waals surface area contributed by atoms with E-state index in [0.717, 1.165) is 11.3 Å². The van der Waals surface area contributed by atoms with E-state index in [-0.39, 0.29) is 17.2 Å². The van der Waals surface area contributed by atoms with Crippen molar-refractivity contribution >= 4 is 17.7 Å². The van der Waals surface area contributed by atoms with Gasteiger partial charge in [0.2, 0.25) is 5.91 Å². The van der Waals surface area contributed by atoms with E-state index in [2.05, 4.69) is 43.4 Å². The van der Waals surface area contributed by atoms with Crippen molar-refractivity contribution in [1.29, 1.82) is 0 Å². The molecular formula is C19H23NOS. The molecule has 0 radical (unpaired) electrons. The van der Waals surface area contributed by atoms with Crippen molar-refractivity contribution in [3.63, 3.8) is 0 Å². The summed E-state index contributed by atoms with van der Waals surface area (Å²) in [6, 6.07) is 18.5. The van der Waals surface area contributed by atoms with Gasteiger partial charge in [0.05, 0.1) is 11.3 Å². The van der Waals surface area contributed by atoms with E-state index in [0.29, 0.717) is 0 Å². The number of benzene rings is 2. The summed E-state index contributed by atoms with van der Waals surface area (Å²) in [6.45, 7) is 6.12. The number of carbonyl (C=O) groups excluding carboxylic acids is 1. The monoisotopic (exact) mass is 313 g/mol. The van der Waals surface area contributed by atoms with E-state index in [1.54, 1.807) is 11.8 Å². The van der Waals surface area contributed by atoms with Crippen LogP contribution >= 0.6 is 11.8 Å². The highest BCUT2D eigenvalue weighted by molar-refractivity contribution is 8.00. The Hall–Kier alpha value is -1.74. The van der Waals surface area contributed by atoms with Crippen LogP contribution in [0.15, 0.2) is 59.5 Å². The fourth-order valence-electron chi connectivity index (χ4n) is 2.27. The SMILES string of the molecule is CC[C@@H](NC(=O)[C@H](C)Sc1ccccc1)c1ccc(C)cc1. The lowest BCUT2D eigenvalue weighted by Crippen LogP contribution is -2.34. The van der Waals surface area contributed by atoms with Crippen molar-refractivity contribution in [2.45, 2.75) is 43.4 Å². The standard InChI is InChI=1S/C19H23NOS/c1-4-18(16-12-10-14(2)11-13-16)20-19(21)15(3)22-17-8-6-5-7-9-17/h5-13,15,18H,4H2,1-3H3,(H,20,21)/t15-,18+/m0/s1. The Bertz CT molecular complexity index is 595. The fourth-order valence-corrected chi connectivity index (χ4v) is 3.16. The summed E-state index contributed by atoms with van der Waals surface area (Å²) >= 11 is 1.59. The molecule has 0 fully saturated rings. The Labute approximate surface area is 137 Å². The van der Waals surface area contributed by atoms with Crippen LogP contribution in [0.3, 0.4) is 0 Å². The maximum atomic E-state index is 12.4. The quantitative estimate of drug-likeness (QED) is 0.780. The number of hydrogen-bond acceptors (Lipinski definition) is 2. The van der Waals surface area contributed by atoms with Crippen molar-refractivity contribution in [2.24, 2.45) is 0 Å². The Kier molecular flexibility index (Phi) is 6.08. The van der Waals surface area contributed by atoms with E-state index in [1.807, 2.05) is 37.3 Å². The molecule has 0 aliphatic rings. The summed E-state index contributed by atoms with van der Waals surface area (Å²) in [5.41, 5.74) is 2.40. The largest absolute Gasteiger partial charge is 0.348 e. The zero-order valence-corrected chi connectivity index (χ0v) is 14.2. The molecule has 0 aliphatic carbocycles. The van der Waals surface area contributed by atoms with Crippen molar-refractivity contribution in [3.05, 3.63) is 65.7 Å². The number of aryl methyl sites for hydroxylation is 1. The van der Waals surface area contributed by atoms with E-state index in [1.165, 1.54) is 11.1 Å². The van der Waals surface area contributed by atoms with Crippen LogP contribution in [0.2, 0.25) is 0 Å². The van der Waals surface area contributed by atoms with Gasteiger partial charge in [0.1, 0.15) is 0 Å². The van der Waals surface area contributed by atoms with Gasteiger partial charge in [-0.3, -0.25) is 4.79 Å². The number of thioether (sulfide) groups is 1. The summed E-state index contributed by atoms with van der Waals surface area (Å²) < 4.78 is 0. The number of rotatable bonds is 6. The molecule has 0 spiro atoms. The summed E-state index contributed by atoms with van der Waals surface area (Å²) in [7, 11) is 0. The Morgan fingerprint density at radius 2 is 1.73 bits per heavy atom. The minimum atomic E-state index is -0.109. The highest BCUT2D eigenvalue weighted by atomic mass is 32.2. The van der Waals surface area contributed by atoms with Gasteiger partial charge < -0.3 is 5.32 Å². The van der Waals surface area contributed by atoms with Gasteiger partial charge in [-0.15, -0.1) is 11.8 Å². The Morgan fingerprint density at radius 1 is 1.09 bits per heavy atom. The van der Waals surface area contributed by atoms with Crippen LogP contribution in [0.5, 0.6) is 0 Å². The number of amides is 1. The summed E-state index contributed by atoms with van der Waals surface area (Å²) in [6.07, 6.45) is 0.886. The Morgan fingerprint density at radius 3 is 2.32 bits per heavy atom. The topological polar surface area (TPSA) is 29.1 Å². The summed E-state index contributed by atoms with van der Waals surface area (Å²) in [4.78, 5) is 13.5. The number of hydrogen-bond donors (Lipinski definition) is 1. The number of carbonyl (C=O) groups is 1. The molecule has 0 aromatic heterocycles. The first-order valence-corrected chi connectivity index (χ1v) is 8.56. The predicted octanol–water partition coefficient (Wildman–Crippen LogP) is 4.74. The molecule has 116 valence electrons. The highest BCUT2D eigenvalue weighted by Gasteiger charge is 2.18. The maximum Gasteiger partial charge on any atom is 0.233 e. The first kappa shape index (κ1) is 16.6. The summed E-state index contributed by atoms with van der Waals surface area (Å²) in [5, 5.41) is 3.05. The van der Waals surface area contributed by atoms with Gasteiger partial charge in [0.15, 0.2) is 0 Å². The lowest BCUT2D eigenvalue weighted by atomic mass is 10.0. The molecule has 2 atom stereocenters. The van der Waals surface area contributed by atoms with Crippen molar-refractivity contribution < 1.29 is 4.79 Å². The molecule has 1 N–H and O–H groups in total. The predicted molar refractivity (Wildman–Crippen MR) is 94.1 cm³/mol. The van der Waals surface area contributed by atoms with E-state index >= 15 is 0 Å². The second kappa shape index (κ2) is 8.04. The van der Waals surface area contributed by atoms with Gasteiger partial charge in [-0.2, -0.15) is 0 Å². The molecule has 0 aliphatic heterocycles. The third-order valence-corrected chi connectivity index (χ3v) is 4.74. The van der Waals surface area contributed by atoms with Crippen LogP contribution in [0, 0.1) is 6.92 Å². The van der Waals surface area contributed by atoms with E-state index in [4.69, 9.17) is 0 Å². The molecule has 0 bridgehead atoms. The van der Waals surface area contributed by atoms with Gasteiger partial charge >= 0.3 is 0 Å². The molecule has 2 nitrogen and oxygen atoms in total. The van der Waals surface area contributed by atoms with Crippen molar-refractivity contribution in [1.82, 2.24) is 5.32 Å². The molecule has 3 heteroatoms. The van der Waals surface area contributed by atoms with Crippen molar-refractivity contribution in [3.8, 4) is 0 Å². The molecule has 0 saturated heterocycles. The van der Waals surface area contributed by atoms with Crippen LogP contribution in [0.4, 0.5) is 0 Å². The van der Waals surface area contributed by atoms with Crippen LogP contribution in [0.1, 0.15) is 37.4 Å². The van der Waals surface area contributed by atoms with E-state index in [9.17, 15) is 4.79 Å². The normalized spacial score (nSPS) is 13.4. The molecule has 1 amide bonds. The van der Waals surface area contributed by atoms with Crippen LogP contribution in [0.25, 0.3) is 0 Å². The fraction of sp³-hybridized carbons (Fsp3) is 0.316. The third kappa shape index (κ3) is 4.63. The highest BCUT2D eigenvalue weighted by Crippen LogP contribution is 2.24. The molecule has 0 saturated carbocycles. The van der Waals surface area contributed by atoms with Crippen molar-refractivity contribution in [2.75, 3.05) is 0 Å². The average Bonchev–Trinajstić information content (AvgIpc) is 2.54. The second-order valence-corrected chi connectivity index (χ2v) is 6.87. The van der Waals surface area contributed by atoms with Gasteiger partial charge in [-0.25, -0.2) is 0 Å². The minimum Gasteiger partial charge on any atom is -0.348 e. The van der Waals surface area contributed by atoms with Gasteiger partial charge in [0.25, 0.3) is 0 Å². The first-order valence-electron chi connectivity index (χ1n) is 7.68. The van der Waals surface area contributed by atoms with Crippen LogP contribution in [-0.2, 0) is 4.79 Å². The molecule has 0 unspecified atom stereocenters. The molecule has 2 rings (SSSR count). The molecule has 0 heterocycles. The molecule has 22 heavy (non-hydrogen) atoms. The summed E-state index contributed by atoms with van der Waals surface area (Å²) in [5.74, 6) is 0.0845. The number of nitrogens with one attached hydrogen (secondary N) is 1. The lowest BCUT2D eigenvalue weighted by Gasteiger charge is -2.20. The second-order valence-electron chi connectivity index (χ2n) is 5.45. The molecule has 2 aromatic rings. The van der Waals surface area contributed by atoms with Crippen LogP contribution in [-0.4, -0.2) is 11.2 Å². The van der Waals surface area contributed by atoms with Gasteiger partial charge in [0, 0.05) is 4.90 Å². The molecule has 2 aromatic carbocycles. The molecular weight excluding hydrogens is 290 g/mol. The van der Waals surface area contributed by atoms with Gasteiger partial charge in [-0.1, -0.05) is 55.0 Å². The average molecular weight is 313 g/mol. The third-order valence-electron chi connectivity index (χ3n) is 3.63. The zero-order valence-electron chi connectivity index (χ0n) is 13.4. The van der Waals surface area contributed by atoms with Gasteiger partial charge in [-0.05, 0) is 38.0 Å². The zero-order chi connectivity index (χ0) is 15.9.